The minimum atomic E-state index is -2.96. The van der Waals surface area contributed by atoms with Gasteiger partial charge in [-0.1, -0.05) is 12.1 Å². The molecule has 3 aliphatic rings. The third-order valence-corrected chi connectivity index (χ3v) is 5.83. The van der Waals surface area contributed by atoms with Crippen LogP contribution in [0.5, 0.6) is 11.5 Å². The van der Waals surface area contributed by atoms with Gasteiger partial charge in [-0.05, 0) is 31.0 Å². The minimum absolute atomic E-state index is 0.0430. The van der Waals surface area contributed by atoms with E-state index >= 15 is 0 Å². The lowest BCUT2D eigenvalue weighted by molar-refractivity contribution is -0.132. The van der Waals surface area contributed by atoms with Gasteiger partial charge in [-0.3, -0.25) is 4.79 Å². The second-order valence-corrected chi connectivity index (χ2v) is 7.88. The van der Waals surface area contributed by atoms with E-state index in [1.807, 2.05) is 6.92 Å². The van der Waals surface area contributed by atoms with Crippen LogP contribution in [0.25, 0.3) is 0 Å². The second kappa shape index (κ2) is 8.75. The summed E-state index contributed by atoms with van der Waals surface area (Å²) in [6.45, 7) is 0.887. The number of ether oxygens (including phenoxy) is 3. The van der Waals surface area contributed by atoms with Crippen LogP contribution >= 0.6 is 0 Å². The van der Waals surface area contributed by atoms with Gasteiger partial charge in [0.15, 0.2) is 17.1 Å². The maximum atomic E-state index is 12.9. The Morgan fingerprint density at radius 1 is 1.40 bits per heavy atom. The van der Waals surface area contributed by atoms with E-state index in [4.69, 9.17) is 14.3 Å². The third kappa shape index (κ3) is 4.35. The number of hydrogen-bond donors (Lipinski definition) is 0. The molecule has 30 heavy (non-hydrogen) atoms. The summed E-state index contributed by atoms with van der Waals surface area (Å²) in [5.74, 6) is 0.230. The van der Waals surface area contributed by atoms with E-state index in [1.54, 1.807) is 17.0 Å². The Hall–Kier alpha value is -2.42. The van der Waals surface area contributed by atoms with Crippen LogP contribution < -0.4 is 9.47 Å². The van der Waals surface area contributed by atoms with E-state index in [0.717, 1.165) is 30.5 Å². The van der Waals surface area contributed by atoms with Crippen LogP contribution in [-0.2, 0) is 14.4 Å². The van der Waals surface area contributed by atoms with Crippen LogP contribution in [0.3, 0.4) is 0 Å². The molecule has 0 radical (unpaired) electrons. The highest BCUT2D eigenvalue weighted by Gasteiger charge is 2.43. The first-order chi connectivity index (χ1) is 14.5. The highest BCUT2D eigenvalue weighted by molar-refractivity contribution is 6.02. The number of hydrogen-bond acceptors (Lipinski definition) is 6. The first kappa shape index (κ1) is 20.8. The normalized spacial score (nSPS) is 25.7. The molecule has 164 valence electrons. The van der Waals surface area contributed by atoms with E-state index in [1.165, 1.54) is 6.07 Å². The maximum Gasteiger partial charge on any atom is 0.387 e. The molecule has 9 heteroatoms. The van der Waals surface area contributed by atoms with Crippen molar-refractivity contribution in [3.8, 4) is 11.5 Å². The Labute approximate surface area is 173 Å². The lowest BCUT2D eigenvalue weighted by atomic mass is 9.93. The zero-order valence-electron chi connectivity index (χ0n) is 16.9. The molecule has 0 aromatic heterocycles. The first-order valence-electron chi connectivity index (χ1n) is 10.3. The largest absolute Gasteiger partial charge is 0.488 e. The average molecular weight is 424 g/mol. The molecule has 2 fully saturated rings. The molecule has 0 saturated carbocycles. The smallest absolute Gasteiger partial charge is 0.387 e. The van der Waals surface area contributed by atoms with Gasteiger partial charge in [0, 0.05) is 31.4 Å². The summed E-state index contributed by atoms with van der Waals surface area (Å²) in [6, 6.07) is 4.70. The van der Waals surface area contributed by atoms with Crippen LogP contribution in [0.4, 0.5) is 8.78 Å². The zero-order chi connectivity index (χ0) is 21.1. The van der Waals surface area contributed by atoms with Gasteiger partial charge in [-0.15, -0.1) is 0 Å². The van der Waals surface area contributed by atoms with Crippen LogP contribution in [0.1, 0.15) is 44.6 Å². The number of likely N-dealkylation sites (tertiary alicyclic amines) is 1. The van der Waals surface area contributed by atoms with Crippen LogP contribution in [0, 0.1) is 0 Å². The number of alkyl halides is 2. The van der Waals surface area contributed by atoms with Crippen molar-refractivity contribution >= 4 is 11.6 Å². The van der Waals surface area contributed by atoms with Gasteiger partial charge in [0.1, 0.15) is 6.61 Å². The SMILES string of the molecule is CCC(=O)N1CCC[C@@H]1COc1cc(C2=NOC3(CCOC3)C2)ccc1OC(F)F. The van der Waals surface area contributed by atoms with Crippen molar-refractivity contribution in [2.24, 2.45) is 5.16 Å². The topological polar surface area (TPSA) is 69.6 Å². The fourth-order valence-electron chi connectivity index (χ4n) is 4.20. The molecule has 2 atom stereocenters. The van der Waals surface area contributed by atoms with Crippen molar-refractivity contribution in [3.63, 3.8) is 0 Å². The molecule has 7 nitrogen and oxygen atoms in total. The third-order valence-electron chi connectivity index (χ3n) is 5.83. The predicted octanol–water partition coefficient (Wildman–Crippen LogP) is 3.35. The summed E-state index contributed by atoms with van der Waals surface area (Å²) in [5, 5.41) is 4.20. The molecule has 4 rings (SSSR count). The Bertz CT molecular complexity index is 811. The monoisotopic (exact) mass is 424 g/mol. The first-order valence-corrected chi connectivity index (χ1v) is 10.3. The molecule has 0 aliphatic carbocycles. The number of nitrogens with zero attached hydrogens (tertiary/aromatic N) is 2. The van der Waals surface area contributed by atoms with Crippen LogP contribution in [0.15, 0.2) is 23.4 Å². The van der Waals surface area contributed by atoms with Crippen LogP contribution in [0.2, 0.25) is 0 Å². The number of carbonyl (C=O) groups excluding carboxylic acids is 1. The van der Waals surface area contributed by atoms with Gasteiger partial charge < -0.3 is 23.9 Å². The number of carbonyl (C=O) groups is 1. The van der Waals surface area contributed by atoms with E-state index in [-0.39, 0.29) is 30.1 Å². The summed E-state index contributed by atoms with van der Waals surface area (Å²) in [6.07, 6.45) is 3.50. The molecule has 1 amide bonds. The number of oxime groups is 1. The van der Waals surface area contributed by atoms with Gasteiger partial charge in [-0.25, -0.2) is 0 Å². The molecule has 3 aliphatic heterocycles. The van der Waals surface area contributed by atoms with Gasteiger partial charge in [0.05, 0.1) is 25.0 Å². The Morgan fingerprint density at radius 3 is 3.00 bits per heavy atom. The van der Waals surface area contributed by atoms with Crippen molar-refractivity contribution in [2.45, 2.75) is 57.3 Å². The van der Waals surface area contributed by atoms with Crippen molar-refractivity contribution in [3.05, 3.63) is 23.8 Å². The van der Waals surface area contributed by atoms with Crippen molar-refractivity contribution in [2.75, 3.05) is 26.4 Å². The molecule has 1 unspecified atom stereocenters. The quantitative estimate of drug-likeness (QED) is 0.672. The number of benzene rings is 1. The maximum absolute atomic E-state index is 12.9. The fourth-order valence-corrected chi connectivity index (χ4v) is 4.20. The lowest BCUT2D eigenvalue weighted by Crippen LogP contribution is -2.38. The van der Waals surface area contributed by atoms with E-state index in [0.29, 0.717) is 32.6 Å². The molecule has 1 aromatic carbocycles. The molecule has 1 spiro atoms. The number of rotatable bonds is 7. The highest BCUT2D eigenvalue weighted by atomic mass is 19.3. The molecular weight excluding hydrogens is 398 g/mol. The summed E-state index contributed by atoms with van der Waals surface area (Å²) < 4.78 is 41.7. The summed E-state index contributed by atoms with van der Waals surface area (Å²) in [7, 11) is 0. The van der Waals surface area contributed by atoms with E-state index < -0.39 is 12.2 Å². The van der Waals surface area contributed by atoms with Crippen molar-refractivity contribution in [1.29, 1.82) is 0 Å². The summed E-state index contributed by atoms with van der Waals surface area (Å²) in [5.41, 5.74) is 1.01. The average Bonchev–Trinajstić information content (AvgIpc) is 3.48. The van der Waals surface area contributed by atoms with Gasteiger partial charge >= 0.3 is 6.61 Å². The molecule has 2 saturated heterocycles. The predicted molar refractivity (Wildman–Crippen MR) is 104 cm³/mol. The van der Waals surface area contributed by atoms with E-state index in [9.17, 15) is 13.6 Å². The standard InChI is InChI=1S/C21H26F2N2O5/c1-2-19(26)25-8-3-4-15(25)12-28-18-10-14(5-6-17(18)29-20(22)23)16-11-21(30-24-16)7-9-27-13-21/h5-6,10,15,20H,2-4,7-9,11-13H2,1H3/t15-,21?/m1/s1. The fraction of sp³-hybridized carbons (Fsp3) is 0.619. The molecule has 0 N–H and O–H groups in total. The molecule has 0 bridgehead atoms. The van der Waals surface area contributed by atoms with Gasteiger partial charge in [0.2, 0.25) is 5.91 Å². The molecule has 3 heterocycles. The number of halogens is 2. The highest BCUT2D eigenvalue weighted by Crippen LogP contribution is 2.37. The zero-order valence-corrected chi connectivity index (χ0v) is 16.9. The molecule has 1 aromatic rings. The van der Waals surface area contributed by atoms with Crippen molar-refractivity contribution < 1.29 is 32.6 Å². The van der Waals surface area contributed by atoms with Gasteiger partial charge in [-0.2, -0.15) is 8.78 Å². The van der Waals surface area contributed by atoms with E-state index in [2.05, 4.69) is 9.89 Å². The molecular formula is C21H26F2N2O5. The Morgan fingerprint density at radius 2 is 2.27 bits per heavy atom. The number of amides is 1. The lowest BCUT2D eigenvalue weighted by Gasteiger charge is -2.25. The Kier molecular flexibility index (Phi) is 6.08. The summed E-state index contributed by atoms with van der Waals surface area (Å²) in [4.78, 5) is 19.5. The Balaban J connectivity index is 1.50. The second-order valence-electron chi connectivity index (χ2n) is 7.88. The van der Waals surface area contributed by atoms with Crippen LogP contribution in [-0.4, -0.2) is 61.1 Å². The summed E-state index contributed by atoms with van der Waals surface area (Å²) >= 11 is 0. The van der Waals surface area contributed by atoms with Gasteiger partial charge in [0.25, 0.3) is 0 Å². The van der Waals surface area contributed by atoms with Crippen molar-refractivity contribution in [1.82, 2.24) is 4.90 Å². The minimum Gasteiger partial charge on any atom is -0.488 e.